The number of hydrogen-bond donors (Lipinski definition) is 4. The molecule has 0 aromatic carbocycles. The van der Waals surface area contributed by atoms with Gasteiger partial charge in [0.15, 0.2) is 5.78 Å². The van der Waals surface area contributed by atoms with Gasteiger partial charge >= 0.3 is 5.97 Å². The average molecular weight is 1010 g/mol. The molecule has 1 saturated heterocycles. The summed E-state index contributed by atoms with van der Waals surface area (Å²) in [6.45, 7) is 12.5. The van der Waals surface area contributed by atoms with E-state index in [1.54, 1.807) is 66.0 Å². The number of rotatable bonds is 10. The highest BCUT2D eigenvalue weighted by Crippen LogP contribution is 2.38. The second kappa shape index (κ2) is 28.3. The van der Waals surface area contributed by atoms with Crippen molar-refractivity contribution in [2.45, 2.75) is 193 Å². The number of allylic oxidation sites excluding steroid dienone is 6. The number of fused-ring (bicyclic) bond motifs is 2. The smallest absolute Gasteiger partial charge is 0.328 e. The van der Waals surface area contributed by atoms with Crippen molar-refractivity contribution in [1.82, 2.24) is 9.62 Å². The van der Waals surface area contributed by atoms with E-state index in [0.717, 1.165) is 30.8 Å². The third kappa shape index (κ3) is 16.6. The van der Waals surface area contributed by atoms with Gasteiger partial charge in [0.1, 0.15) is 30.1 Å². The maximum absolute atomic E-state index is 14.1. The lowest BCUT2D eigenvalue weighted by atomic mass is 9.78. The summed E-state index contributed by atoms with van der Waals surface area (Å²) < 4.78 is 54.5. The van der Waals surface area contributed by atoms with Crippen LogP contribution in [0.3, 0.4) is 0 Å². The molecule has 16 nitrogen and oxygen atoms in total. The maximum Gasteiger partial charge on any atom is 0.328 e. The van der Waals surface area contributed by atoms with Gasteiger partial charge in [-0.1, -0.05) is 82.6 Å². The van der Waals surface area contributed by atoms with Crippen molar-refractivity contribution in [3.8, 4) is 0 Å². The van der Waals surface area contributed by atoms with Crippen molar-refractivity contribution in [2.75, 3.05) is 27.9 Å². The molecule has 17 heteroatoms. The zero-order chi connectivity index (χ0) is 51.9. The summed E-state index contributed by atoms with van der Waals surface area (Å²) in [6, 6.07) is -2.05. The van der Waals surface area contributed by atoms with Crippen molar-refractivity contribution in [1.29, 1.82) is 0 Å². The third-order valence-electron chi connectivity index (χ3n) is 15.4. The minimum absolute atomic E-state index is 0.0231. The van der Waals surface area contributed by atoms with Crippen LogP contribution in [-0.4, -0.2) is 135 Å². The first-order valence-corrected chi connectivity index (χ1v) is 26.6. The number of esters is 1. The Kier molecular flexibility index (Phi) is 23.9. The SMILES string of the molecule is COC1C(=O)C(C)CC/C=C/C=C/C=C(\C)C(NS(=O)O)C[C@H]2CC[C@H](C)[C@](O)(O2)C(=O)C(=O)N(C)C(C)C(=O)OC([C@H](C)C[C@@H]2CC[C@@H](OCC3CCCC3)[C@H](OC)C2)CC(=O)C(C)/C=C(\C)C1O. The van der Waals surface area contributed by atoms with Gasteiger partial charge in [0.2, 0.25) is 17.1 Å². The fraction of sp³-hybridized carbons (Fsp3) is 0.755. The van der Waals surface area contributed by atoms with Gasteiger partial charge in [-0.15, -0.1) is 0 Å². The molecule has 4 rings (SSSR count). The molecule has 2 bridgehead atoms. The van der Waals surface area contributed by atoms with Gasteiger partial charge in [-0.05, 0) is 115 Å². The molecule has 4 aliphatic rings. The Labute approximate surface area is 419 Å². The van der Waals surface area contributed by atoms with Gasteiger partial charge < -0.3 is 38.8 Å². The Morgan fingerprint density at radius 1 is 0.886 bits per heavy atom. The molecule has 0 aromatic rings. The Bertz CT molecular complexity index is 1910. The molecule has 2 aliphatic heterocycles. The fourth-order valence-corrected chi connectivity index (χ4v) is 10.9. The standard InChI is InChI=1S/C53H84N2O14S/c1-32-18-14-12-11-13-15-19-33(2)47(57)49(66-10)48(58)36(5)26-34(3)43(56)30-45(35(4)27-40-23-25-44(46(28-40)65-9)67-31-39-20-16-17-21-39)68-52(61)38(7)55(8)51(60)50(59)53(62)37(6)22-24-41(69-53)29-42(32)54-70(63)64/h11-14,18,26,33-35,37-42,44-46,48-49,54,58,62H,15-17,19-25,27-31H2,1-10H3,(H,63,64)/b13-11+,14-12+,32-18+,36-26+/t33?,34?,35-,37+,38?,40+,41-,42?,44-,45?,46-,48?,49?,53+/m1/s1. The fourth-order valence-electron chi connectivity index (χ4n) is 10.4. The summed E-state index contributed by atoms with van der Waals surface area (Å²) in [5.74, 6) is -8.07. The molecule has 2 saturated carbocycles. The molecule has 3 fully saturated rings. The van der Waals surface area contributed by atoms with E-state index in [9.17, 15) is 42.9 Å². The van der Waals surface area contributed by atoms with Crippen LogP contribution in [0.4, 0.5) is 0 Å². The molecule has 1 amide bonds. The van der Waals surface area contributed by atoms with Gasteiger partial charge in [0.25, 0.3) is 11.7 Å². The minimum atomic E-state index is -2.56. The number of amides is 1. The van der Waals surface area contributed by atoms with E-state index >= 15 is 0 Å². The first-order valence-electron chi connectivity index (χ1n) is 25.5. The number of nitrogens with zero attached hydrogens (tertiary/aromatic N) is 1. The number of Topliss-reactive ketones (excluding diaryl/α,β-unsaturated/α-hetero) is 3. The molecule has 0 radical (unpaired) electrons. The van der Waals surface area contributed by atoms with Gasteiger partial charge in [-0.2, -0.15) is 0 Å². The third-order valence-corrected chi connectivity index (χ3v) is 15.9. The van der Waals surface area contributed by atoms with E-state index in [1.165, 1.54) is 46.8 Å². The predicted octanol–water partition coefficient (Wildman–Crippen LogP) is 6.69. The summed E-state index contributed by atoms with van der Waals surface area (Å²) in [4.78, 5) is 70.7. The van der Waals surface area contributed by atoms with Crippen LogP contribution >= 0.6 is 0 Å². The van der Waals surface area contributed by atoms with Gasteiger partial charge in [-0.3, -0.25) is 23.7 Å². The number of ether oxygens (including phenoxy) is 5. The molecular weight excluding hydrogens is 921 g/mol. The lowest BCUT2D eigenvalue weighted by Crippen LogP contribution is -2.59. The summed E-state index contributed by atoms with van der Waals surface area (Å²) in [5, 5.41) is 23.2. The molecule has 8 unspecified atom stereocenters. The van der Waals surface area contributed by atoms with Crippen molar-refractivity contribution >= 4 is 40.5 Å². The van der Waals surface area contributed by atoms with Crippen molar-refractivity contribution in [3.05, 3.63) is 47.6 Å². The second-order valence-electron chi connectivity index (χ2n) is 20.7. The second-order valence-corrected chi connectivity index (χ2v) is 21.5. The normalized spacial score (nSPS) is 38.2. The van der Waals surface area contributed by atoms with E-state index < -0.39 is 89.0 Å². The zero-order valence-corrected chi connectivity index (χ0v) is 44.2. The number of methoxy groups -OCH3 is 2. The highest BCUT2D eigenvalue weighted by Gasteiger charge is 2.52. The first-order chi connectivity index (χ1) is 33.1. The average Bonchev–Trinajstić information content (AvgIpc) is 3.86. The molecular formula is C53H84N2O14S. The molecule has 0 spiro atoms. The summed E-state index contributed by atoms with van der Waals surface area (Å²) >= 11 is -2.43. The Morgan fingerprint density at radius 2 is 1.59 bits per heavy atom. The van der Waals surface area contributed by atoms with Crippen LogP contribution in [0.15, 0.2) is 47.6 Å². The lowest BCUT2D eigenvalue weighted by molar-refractivity contribution is -0.263. The van der Waals surface area contributed by atoms with Gasteiger partial charge in [0.05, 0.1) is 18.3 Å². The van der Waals surface area contributed by atoms with Crippen LogP contribution in [0.1, 0.15) is 138 Å². The molecule has 15 atom stereocenters. The number of aliphatic hydroxyl groups is 2. The Morgan fingerprint density at radius 3 is 2.24 bits per heavy atom. The highest BCUT2D eigenvalue weighted by atomic mass is 32.2. The number of likely N-dealkylation sites (N-methyl/N-ethyl adjacent to an activating group) is 1. The molecule has 2 aliphatic carbocycles. The zero-order valence-electron chi connectivity index (χ0n) is 43.3. The Hall–Kier alpha value is -3.26. The topological polar surface area (TPSA) is 225 Å². The Balaban J connectivity index is 1.63. The van der Waals surface area contributed by atoms with E-state index in [1.807, 2.05) is 19.1 Å². The van der Waals surface area contributed by atoms with Gasteiger partial charge in [-0.25, -0.2) is 13.7 Å². The van der Waals surface area contributed by atoms with Crippen molar-refractivity contribution in [2.24, 2.45) is 35.5 Å². The van der Waals surface area contributed by atoms with E-state index in [0.29, 0.717) is 49.2 Å². The van der Waals surface area contributed by atoms with Crippen LogP contribution in [-0.2, 0) is 58.9 Å². The van der Waals surface area contributed by atoms with E-state index in [2.05, 4.69) is 4.72 Å². The van der Waals surface area contributed by atoms with E-state index in [-0.39, 0.29) is 48.5 Å². The number of nitrogens with one attached hydrogen (secondary N) is 1. The van der Waals surface area contributed by atoms with Crippen LogP contribution in [0, 0.1) is 35.5 Å². The van der Waals surface area contributed by atoms with Crippen LogP contribution in [0.25, 0.3) is 0 Å². The first kappa shape index (κ1) is 59.3. The monoisotopic (exact) mass is 1000 g/mol. The summed E-state index contributed by atoms with van der Waals surface area (Å²) in [7, 11) is 4.31. The summed E-state index contributed by atoms with van der Waals surface area (Å²) in [6.07, 6.45) is 15.5. The number of cyclic esters (lactones) is 1. The number of carbonyl (C=O) groups is 5. The number of hydrogen-bond acceptors (Lipinski definition) is 13. The quantitative estimate of drug-likeness (QED) is 0.0775. The van der Waals surface area contributed by atoms with Crippen molar-refractivity contribution < 1.29 is 66.6 Å². The van der Waals surface area contributed by atoms with Gasteiger partial charge in [0, 0.05) is 58.1 Å². The number of aliphatic hydroxyl groups excluding tert-OH is 1. The molecule has 70 heavy (non-hydrogen) atoms. The minimum Gasteiger partial charge on any atom is -0.460 e. The van der Waals surface area contributed by atoms with E-state index in [4.69, 9.17) is 23.7 Å². The van der Waals surface area contributed by atoms with Crippen LogP contribution in [0.5, 0.6) is 0 Å². The molecule has 0 aromatic heterocycles. The summed E-state index contributed by atoms with van der Waals surface area (Å²) in [5.41, 5.74) is 1.02. The molecule has 2 heterocycles. The number of ketones is 3. The van der Waals surface area contributed by atoms with Crippen molar-refractivity contribution in [3.63, 3.8) is 0 Å². The molecule has 4 N–H and O–H groups in total. The predicted molar refractivity (Wildman–Crippen MR) is 266 cm³/mol. The number of carbonyl (C=O) groups excluding carboxylic acids is 5. The van der Waals surface area contributed by atoms with Crippen LogP contribution in [0.2, 0.25) is 0 Å². The molecule has 396 valence electrons. The largest absolute Gasteiger partial charge is 0.460 e. The highest BCUT2D eigenvalue weighted by molar-refractivity contribution is 7.77. The lowest BCUT2D eigenvalue weighted by Gasteiger charge is -2.41. The van der Waals surface area contributed by atoms with Crippen LogP contribution < -0.4 is 4.72 Å². The maximum atomic E-state index is 14.1.